The molecule has 0 fully saturated rings. The predicted molar refractivity (Wildman–Crippen MR) is 72.9 cm³/mol. The molecule has 0 saturated carbocycles. The van der Waals surface area contributed by atoms with Crippen molar-refractivity contribution < 1.29 is 0 Å². The Hall–Kier alpha value is -1.55. The smallest absolute Gasteiger partial charge is 0.147 e. The quantitative estimate of drug-likeness (QED) is 0.843. The number of nitrogens with zero attached hydrogens (tertiary/aromatic N) is 2. The minimum Gasteiger partial charge on any atom is -0.382 e. The van der Waals surface area contributed by atoms with Crippen molar-refractivity contribution >= 4 is 17.6 Å². The second-order valence-corrected chi connectivity index (χ2v) is 5.63. The Morgan fingerprint density at radius 3 is 2.47 bits per heavy atom. The number of hydrogen-bond acceptors (Lipinski definition) is 4. The van der Waals surface area contributed by atoms with Gasteiger partial charge in [-0.1, -0.05) is 44.2 Å². The fraction of sp³-hybridized carbons (Fsp3) is 0.231. The molecular formula is C13H15N3S. The zero-order valence-corrected chi connectivity index (χ0v) is 10.7. The van der Waals surface area contributed by atoms with E-state index in [4.69, 9.17) is 5.73 Å². The Morgan fingerprint density at radius 1 is 1.12 bits per heavy atom. The molecule has 1 heterocycles. The first-order chi connectivity index (χ1) is 8.16. The molecule has 0 atom stereocenters. The van der Waals surface area contributed by atoms with Crippen LogP contribution in [0.1, 0.15) is 13.8 Å². The summed E-state index contributed by atoms with van der Waals surface area (Å²) in [6.45, 7) is 4.30. The lowest BCUT2D eigenvalue weighted by atomic mass is 10.1. The van der Waals surface area contributed by atoms with Crippen molar-refractivity contribution in [2.24, 2.45) is 0 Å². The van der Waals surface area contributed by atoms with E-state index in [-0.39, 0.29) is 0 Å². The lowest BCUT2D eigenvalue weighted by molar-refractivity contribution is 1.01. The standard InChI is InChI=1S/C13H15N3S/c1-9(2)17-11-8-12(14)15-16-13(11)10-6-4-3-5-7-10/h3-9H,1-2H3,(H2,14,15). The van der Waals surface area contributed by atoms with Crippen molar-refractivity contribution in [1.29, 1.82) is 0 Å². The van der Waals surface area contributed by atoms with E-state index in [1.165, 1.54) is 0 Å². The highest BCUT2D eigenvalue weighted by molar-refractivity contribution is 8.00. The van der Waals surface area contributed by atoms with E-state index in [9.17, 15) is 0 Å². The SMILES string of the molecule is CC(C)Sc1cc(N)nnc1-c1ccccc1. The van der Waals surface area contributed by atoms with Gasteiger partial charge < -0.3 is 5.73 Å². The van der Waals surface area contributed by atoms with Gasteiger partial charge in [0.25, 0.3) is 0 Å². The predicted octanol–water partition coefficient (Wildman–Crippen LogP) is 3.23. The van der Waals surface area contributed by atoms with Crippen LogP contribution in [0.2, 0.25) is 0 Å². The van der Waals surface area contributed by atoms with Crippen LogP contribution in [-0.2, 0) is 0 Å². The molecule has 0 aliphatic heterocycles. The van der Waals surface area contributed by atoms with Crippen LogP contribution >= 0.6 is 11.8 Å². The van der Waals surface area contributed by atoms with Gasteiger partial charge in [-0.3, -0.25) is 0 Å². The molecule has 0 bridgehead atoms. The molecule has 0 amide bonds. The molecule has 3 nitrogen and oxygen atoms in total. The molecule has 4 heteroatoms. The van der Waals surface area contributed by atoms with Gasteiger partial charge in [0.05, 0.1) is 0 Å². The van der Waals surface area contributed by atoms with Gasteiger partial charge in [-0.25, -0.2) is 0 Å². The van der Waals surface area contributed by atoms with Gasteiger partial charge in [-0.05, 0) is 6.07 Å². The molecule has 0 aliphatic rings. The average Bonchev–Trinajstić information content (AvgIpc) is 2.29. The minimum absolute atomic E-state index is 0.466. The van der Waals surface area contributed by atoms with Crippen LogP contribution < -0.4 is 5.73 Å². The number of benzene rings is 1. The summed E-state index contributed by atoms with van der Waals surface area (Å²) < 4.78 is 0. The summed E-state index contributed by atoms with van der Waals surface area (Å²) in [7, 11) is 0. The minimum atomic E-state index is 0.466. The van der Waals surface area contributed by atoms with Gasteiger partial charge in [0.15, 0.2) is 0 Å². The first kappa shape index (κ1) is 11.9. The lowest BCUT2D eigenvalue weighted by Gasteiger charge is -2.10. The molecule has 0 radical (unpaired) electrons. The van der Waals surface area contributed by atoms with E-state index in [2.05, 4.69) is 24.0 Å². The highest BCUT2D eigenvalue weighted by atomic mass is 32.2. The fourth-order valence-corrected chi connectivity index (χ4v) is 2.50. The summed E-state index contributed by atoms with van der Waals surface area (Å²) in [5.41, 5.74) is 7.67. The average molecular weight is 245 g/mol. The molecule has 2 N–H and O–H groups in total. The van der Waals surface area contributed by atoms with E-state index in [0.717, 1.165) is 16.2 Å². The van der Waals surface area contributed by atoms with E-state index in [1.807, 2.05) is 36.4 Å². The van der Waals surface area contributed by atoms with E-state index in [1.54, 1.807) is 11.8 Å². The number of nitrogen functional groups attached to an aromatic ring is 1. The molecule has 0 saturated heterocycles. The van der Waals surface area contributed by atoms with Gasteiger partial charge >= 0.3 is 0 Å². The molecule has 1 aromatic carbocycles. The third kappa shape index (κ3) is 2.97. The molecule has 17 heavy (non-hydrogen) atoms. The maximum absolute atomic E-state index is 5.69. The van der Waals surface area contributed by atoms with Gasteiger partial charge in [0.2, 0.25) is 0 Å². The summed E-state index contributed by atoms with van der Waals surface area (Å²) in [4.78, 5) is 1.08. The van der Waals surface area contributed by atoms with Crippen molar-refractivity contribution in [3.05, 3.63) is 36.4 Å². The first-order valence-electron chi connectivity index (χ1n) is 5.52. The summed E-state index contributed by atoms with van der Waals surface area (Å²) in [6, 6.07) is 11.9. The third-order valence-electron chi connectivity index (χ3n) is 2.19. The Morgan fingerprint density at radius 2 is 1.82 bits per heavy atom. The topological polar surface area (TPSA) is 51.8 Å². The zero-order chi connectivity index (χ0) is 12.3. The summed E-state index contributed by atoms with van der Waals surface area (Å²) in [5.74, 6) is 0.466. The van der Waals surface area contributed by atoms with Crippen molar-refractivity contribution in [2.45, 2.75) is 24.0 Å². The van der Waals surface area contributed by atoms with Crippen LogP contribution in [0.15, 0.2) is 41.3 Å². The Kier molecular flexibility index (Phi) is 3.64. The van der Waals surface area contributed by atoms with Crippen LogP contribution in [0.4, 0.5) is 5.82 Å². The molecular weight excluding hydrogens is 230 g/mol. The Bertz CT molecular complexity index is 497. The maximum atomic E-state index is 5.69. The second-order valence-electron chi connectivity index (χ2n) is 4.01. The number of hydrogen-bond donors (Lipinski definition) is 1. The van der Waals surface area contributed by atoms with Gasteiger partial charge in [-0.15, -0.1) is 22.0 Å². The van der Waals surface area contributed by atoms with E-state index < -0.39 is 0 Å². The molecule has 2 aromatic rings. The zero-order valence-electron chi connectivity index (χ0n) is 9.92. The molecule has 0 aliphatic carbocycles. The molecule has 2 rings (SSSR count). The highest BCUT2D eigenvalue weighted by Crippen LogP contribution is 2.32. The number of aromatic nitrogens is 2. The monoisotopic (exact) mass is 245 g/mol. The highest BCUT2D eigenvalue weighted by Gasteiger charge is 2.10. The van der Waals surface area contributed by atoms with Crippen LogP contribution in [0.3, 0.4) is 0 Å². The summed E-state index contributed by atoms with van der Waals surface area (Å²) in [6.07, 6.45) is 0. The maximum Gasteiger partial charge on any atom is 0.147 e. The normalized spacial score (nSPS) is 10.8. The number of anilines is 1. The lowest BCUT2D eigenvalue weighted by Crippen LogP contribution is -1.98. The molecule has 1 aromatic heterocycles. The number of rotatable bonds is 3. The van der Waals surface area contributed by atoms with E-state index >= 15 is 0 Å². The van der Waals surface area contributed by atoms with Gasteiger partial charge in [0.1, 0.15) is 11.5 Å². The first-order valence-corrected chi connectivity index (χ1v) is 6.40. The second kappa shape index (κ2) is 5.19. The largest absolute Gasteiger partial charge is 0.382 e. The van der Waals surface area contributed by atoms with Crippen molar-refractivity contribution in [3.8, 4) is 11.3 Å². The fourth-order valence-electron chi connectivity index (χ4n) is 1.53. The molecule has 0 unspecified atom stereocenters. The summed E-state index contributed by atoms with van der Waals surface area (Å²) in [5, 5.41) is 8.63. The van der Waals surface area contributed by atoms with Crippen LogP contribution in [0.25, 0.3) is 11.3 Å². The summed E-state index contributed by atoms with van der Waals surface area (Å²) >= 11 is 1.75. The number of thioether (sulfide) groups is 1. The molecule has 88 valence electrons. The van der Waals surface area contributed by atoms with Crippen molar-refractivity contribution in [2.75, 3.05) is 5.73 Å². The van der Waals surface area contributed by atoms with Crippen molar-refractivity contribution in [1.82, 2.24) is 10.2 Å². The Balaban J connectivity index is 2.46. The molecule has 0 spiro atoms. The van der Waals surface area contributed by atoms with Gasteiger partial charge in [0, 0.05) is 15.7 Å². The third-order valence-corrected chi connectivity index (χ3v) is 3.22. The Labute approximate surface area is 105 Å². The van der Waals surface area contributed by atoms with E-state index in [0.29, 0.717) is 11.1 Å². The van der Waals surface area contributed by atoms with Crippen LogP contribution in [-0.4, -0.2) is 15.4 Å². The van der Waals surface area contributed by atoms with Crippen LogP contribution in [0.5, 0.6) is 0 Å². The van der Waals surface area contributed by atoms with Crippen LogP contribution in [0, 0.1) is 0 Å². The van der Waals surface area contributed by atoms with Gasteiger partial charge in [-0.2, -0.15) is 0 Å². The number of nitrogens with two attached hydrogens (primary N) is 1. The van der Waals surface area contributed by atoms with Crippen molar-refractivity contribution in [3.63, 3.8) is 0 Å².